The minimum Gasteiger partial charge on any atom is -0.0622 e. The summed E-state index contributed by atoms with van der Waals surface area (Å²) in [5, 5.41) is 0. The first-order chi connectivity index (χ1) is 20.8. The first kappa shape index (κ1) is 26.8. The Hall–Kier alpha value is -1.56. The van der Waals surface area contributed by atoms with Gasteiger partial charge in [-0.25, -0.2) is 0 Å². The number of hydrogen-bond acceptors (Lipinski definition) is 0. The molecule has 0 N–H and O–H groups in total. The summed E-state index contributed by atoms with van der Waals surface area (Å²) in [6.07, 6.45) is 26.4. The summed E-state index contributed by atoms with van der Waals surface area (Å²) in [6, 6.07) is 23.4. The third-order valence-electron chi connectivity index (χ3n) is 15.8. The molecule has 0 nitrogen and oxygen atoms in total. The van der Waals surface area contributed by atoms with Gasteiger partial charge in [-0.3, -0.25) is 0 Å². The molecule has 0 aromatic heterocycles. The molecule has 0 heteroatoms. The average Bonchev–Trinajstić information content (AvgIpc) is 3.69. The minimum atomic E-state index is 0.765. The highest BCUT2D eigenvalue weighted by atomic mass is 14.7. The summed E-state index contributed by atoms with van der Waals surface area (Å²) < 4.78 is 0. The Morgan fingerprint density at radius 1 is 0.452 bits per heavy atom. The zero-order valence-electron chi connectivity index (χ0n) is 26.2. The second-order valence-electron chi connectivity index (χ2n) is 16.9. The van der Waals surface area contributed by atoms with Gasteiger partial charge in [0.05, 0.1) is 0 Å². The summed E-state index contributed by atoms with van der Waals surface area (Å²) in [5.41, 5.74) is 4.06. The summed E-state index contributed by atoms with van der Waals surface area (Å²) in [6.45, 7) is 0. The lowest BCUT2D eigenvalue weighted by Crippen LogP contribution is -2.49. The molecule has 2 aromatic rings. The first-order valence-electron chi connectivity index (χ1n) is 18.9. The van der Waals surface area contributed by atoms with Crippen molar-refractivity contribution < 1.29 is 0 Å². The molecule has 7 aliphatic rings. The number of benzene rings is 2. The molecule has 7 aliphatic carbocycles. The van der Waals surface area contributed by atoms with E-state index in [2.05, 4.69) is 60.7 Å². The van der Waals surface area contributed by atoms with Gasteiger partial charge in [0.25, 0.3) is 0 Å². The van der Waals surface area contributed by atoms with Crippen molar-refractivity contribution in [2.45, 2.75) is 121 Å². The molecular formula is C42H56. The number of hydrogen-bond donors (Lipinski definition) is 0. The standard InChI is InChI=1S/C42H56/c1-3-10-28(11-4-1)30-16-20-35-32(26-30)18-22-37-39(35)40-36-21-17-31(29-12-5-2-6-13-29)27-33(36)19-23-38(40)41(37)42(24-9-25-42)34-14-7-8-15-34/h1-6,10-13,30-41H,7-9,14-27H2. The zero-order chi connectivity index (χ0) is 27.7. The molecule has 10 unspecified atom stereocenters. The van der Waals surface area contributed by atoms with Crippen LogP contribution in [-0.2, 0) is 0 Å². The number of fused-ring (bicyclic) bond motifs is 7. The third-order valence-corrected chi connectivity index (χ3v) is 15.8. The van der Waals surface area contributed by atoms with Crippen LogP contribution in [0.1, 0.15) is 132 Å². The van der Waals surface area contributed by atoms with E-state index in [0.29, 0.717) is 0 Å². The smallest absolute Gasteiger partial charge is 0.0159 e. The van der Waals surface area contributed by atoms with Gasteiger partial charge >= 0.3 is 0 Å². The normalized spacial score (nSPS) is 44.3. The van der Waals surface area contributed by atoms with E-state index < -0.39 is 0 Å². The van der Waals surface area contributed by atoms with Gasteiger partial charge in [-0.05, 0) is 177 Å². The van der Waals surface area contributed by atoms with Crippen molar-refractivity contribution in [3.8, 4) is 0 Å². The van der Waals surface area contributed by atoms with Gasteiger partial charge in [-0.1, -0.05) is 79.9 Å². The van der Waals surface area contributed by atoms with Crippen LogP contribution in [-0.4, -0.2) is 0 Å². The van der Waals surface area contributed by atoms with Crippen molar-refractivity contribution >= 4 is 0 Å². The van der Waals surface area contributed by atoms with Gasteiger partial charge < -0.3 is 0 Å². The van der Waals surface area contributed by atoms with Crippen LogP contribution in [0.5, 0.6) is 0 Å². The Morgan fingerprint density at radius 2 is 0.929 bits per heavy atom. The molecule has 7 saturated carbocycles. The third kappa shape index (κ3) is 4.19. The van der Waals surface area contributed by atoms with Crippen LogP contribution in [0.4, 0.5) is 0 Å². The highest BCUT2D eigenvalue weighted by molar-refractivity contribution is 5.23. The van der Waals surface area contributed by atoms with Crippen LogP contribution in [0.25, 0.3) is 0 Å². The Morgan fingerprint density at radius 3 is 1.38 bits per heavy atom. The molecule has 0 saturated heterocycles. The molecule has 9 rings (SSSR count). The van der Waals surface area contributed by atoms with Gasteiger partial charge in [-0.2, -0.15) is 0 Å². The lowest BCUT2D eigenvalue weighted by molar-refractivity contribution is -0.0765. The van der Waals surface area contributed by atoms with E-state index in [9.17, 15) is 0 Å². The maximum atomic E-state index is 2.44. The molecular weight excluding hydrogens is 504 g/mol. The van der Waals surface area contributed by atoms with Crippen LogP contribution in [0.15, 0.2) is 60.7 Å². The molecule has 0 aliphatic heterocycles. The molecule has 0 spiro atoms. The van der Waals surface area contributed by atoms with Crippen molar-refractivity contribution in [3.05, 3.63) is 71.8 Å². The summed E-state index contributed by atoms with van der Waals surface area (Å²) >= 11 is 0. The van der Waals surface area contributed by atoms with Gasteiger partial charge in [0, 0.05) is 0 Å². The van der Waals surface area contributed by atoms with Gasteiger partial charge in [0.2, 0.25) is 0 Å². The molecule has 42 heavy (non-hydrogen) atoms. The molecule has 224 valence electrons. The predicted molar refractivity (Wildman–Crippen MR) is 174 cm³/mol. The Labute approximate surface area is 256 Å². The lowest BCUT2D eigenvalue weighted by atomic mass is 9.48. The van der Waals surface area contributed by atoms with E-state index >= 15 is 0 Å². The Bertz CT molecular complexity index is 1120. The van der Waals surface area contributed by atoms with E-state index in [1.54, 1.807) is 94.6 Å². The Balaban J connectivity index is 1.04. The molecule has 0 amide bonds. The van der Waals surface area contributed by atoms with Crippen molar-refractivity contribution in [1.82, 2.24) is 0 Å². The van der Waals surface area contributed by atoms with Crippen molar-refractivity contribution in [2.75, 3.05) is 0 Å². The summed E-state index contributed by atoms with van der Waals surface area (Å²) in [4.78, 5) is 0. The van der Waals surface area contributed by atoms with Crippen molar-refractivity contribution in [1.29, 1.82) is 0 Å². The summed E-state index contributed by atoms with van der Waals surface area (Å²) in [5.74, 6) is 12.3. The summed E-state index contributed by atoms with van der Waals surface area (Å²) in [7, 11) is 0. The maximum absolute atomic E-state index is 2.44. The van der Waals surface area contributed by atoms with E-state index in [1.807, 2.05) is 0 Å². The van der Waals surface area contributed by atoms with Crippen LogP contribution < -0.4 is 0 Å². The van der Waals surface area contributed by atoms with Gasteiger partial charge in [0.1, 0.15) is 0 Å². The van der Waals surface area contributed by atoms with Gasteiger partial charge in [0.15, 0.2) is 0 Å². The maximum Gasteiger partial charge on any atom is -0.0159 e. The molecule has 7 fully saturated rings. The van der Waals surface area contributed by atoms with Crippen molar-refractivity contribution in [3.63, 3.8) is 0 Å². The van der Waals surface area contributed by atoms with Crippen molar-refractivity contribution in [2.24, 2.45) is 64.6 Å². The minimum absolute atomic E-state index is 0.765. The fraction of sp³-hybridized carbons (Fsp3) is 0.714. The fourth-order valence-corrected chi connectivity index (χ4v) is 14.4. The quantitative estimate of drug-likeness (QED) is 0.349. The lowest BCUT2D eigenvalue weighted by Gasteiger charge is -2.57. The zero-order valence-corrected chi connectivity index (χ0v) is 26.2. The second-order valence-corrected chi connectivity index (χ2v) is 16.9. The largest absolute Gasteiger partial charge is 0.0622 e. The second kappa shape index (κ2) is 10.8. The van der Waals surface area contributed by atoms with E-state index in [0.717, 1.165) is 76.4 Å². The highest BCUT2D eigenvalue weighted by Crippen LogP contribution is 2.73. The Kier molecular flexibility index (Phi) is 6.90. The van der Waals surface area contributed by atoms with Gasteiger partial charge in [-0.15, -0.1) is 0 Å². The highest BCUT2D eigenvalue weighted by Gasteiger charge is 2.66. The SMILES string of the molecule is c1ccc(C2CCC3C(CCC4C3C3C5CCC(c6ccccc6)CC5CCC3C4C3(C4CCCC4)CCC3)C2)cc1. The van der Waals surface area contributed by atoms with Crippen LogP contribution >= 0.6 is 0 Å². The number of rotatable bonds is 4. The predicted octanol–water partition coefficient (Wildman–Crippen LogP) is 11.4. The van der Waals surface area contributed by atoms with Crippen LogP contribution in [0.2, 0.25) is 0 Å². The molecule has 2 aromatic carbocycles. The average molecular weight is 561 g/mol. The van der Waals surface area contributed by atoms with E-state index in [1.165, 1.54) is 25.7 Å². The van der Waals surface area contributed by atoms with E-state index in [-0.39, 0.29) is 0 Å². The molecule has 10 atom stereocenters. The molecule has 0 heterocycles. The topological polar surface area (TPSA) is 0 Å². The van der Waals surface area contributed by atoms with E-state index in [4.69, 9.17) is 0 Å². The first-order valence-corrected chi connectivity index (χ1v) is 18.9. The molecule has 0 bridgehead atoms. The molecule has 0 radical (unpaired) electrons. The monoisotopic (exact) mass is 560 g/mol. The van der Waals surface area contributed by atoms with Crippen LogP contribution in [0, 0.1) is 64.6 Å². The van der Waals surface area contributed by atoms with Crippen LogP contribution in [0.3, 0.4) is 0 Å². The fourth-order valence-electron chi connectivity index (χ4n) is 14.4.